The number of nitrogens with zero attached hydrogens (tertiary/aromatic N) is 1. The summed E-state index contributed by atoms with van der Waals surface area (Å²) in [5.74, 6) is -0.230. The number of hydrogen-bond donors (Lipinski definition) is 1. The Kier molecular flexibility index (Phi) is 5.17. The molecule has 0 radical (unpaired) electrons. The van der Waals surface area contributed by atoms with Gasteiger partial charge in [0.15, 0.2) is 0 Å². The maximum absolute atomic E-state index is 11.2. The minimum atomic E-state index is -0.230. The van der Waals surface area contributed by atoms with Gasteiger partial charge in [0.25, 0.3) is 0 Å². The van der Waals surface area contributed by atoms with E-state index >= 15 is 0 Å². The number of aromatic nitrogens is 1. The monoisotopic (exact) mass is 295 g/mol. The molecule has 0 aliphatic carbocycles. The SMILES string of the molecule is CCOCC(C=O)Cn1c(CO)cc2cc(Cl)ccc21. The van der Waals surface area contributed by atoms with E-state index in [1.54, 1.807) is 6.07 Å². The van der Waals surface area contributed by atoms with Crippen LogP contribution in [-0.4, -0.2) is 29.2 Å². The lowest BCUT2D eigenvalue weighted by atomic mass is 10.2. The number of ether oxygens (including phenoxy) is 1. The first kappa shape index (κ1) is 15.0. The fourth-order valence-corrected chi connectivity index (χ4v) is 2.46. The fourth-order valence-electron chi connectivity index (χ4n) is 2.28. The number of benzene rings is 1. The number of rotatable bonds is 7. The molecule has 0 fully saturated rings. The van der Waals surface area contributed by atoms with Gasteiger partial charge in [-0.2, -0.15) is 0 Å². The summed E-state index contributed by atoms with van der Waals surface area (Å²) in [6.07, 6.45) is 0.901. The Morgan fingerprint density at radius 1 is 1.45 bits per heavy atom. The molecule has 4 nitrogen and oxygen atoms in total. The third-order valence-corrected chi connectivity index (χ3v) is 3.49. The third-order valence-electron chi connectivity index (χ3n) is 3.26. The van der Waals surface area contributed by atoms with E-state index in [1.165, 1.54) is 0 Å². The highest BCUT2D eigenvalue weighted by Crippen LogP contribution is 2.24. The number of carbonyl (C=O) groups is 1. The van der Waals surface area contributed by atoms with Crippen LogP contribution in [0.3, 0.4) is 0 Å². The van der Waals surface area contributed by atoms with Crippen molar-refractivity contribution in [2.45, 2.75) is 20.1 Å². The van der Waals surface area contributed by atoms with Crippen molar-refractivity contribution in [2.24, 2.45) is 5.92 Å². The van der Waals surface area contributed by atoms with Gasteiger partial charge in [-0.15, -0.1) is 0 Å². The highest BCUT2D eigenvalue weighted by Gasteiger charge is 2.14. The van der Waals surface area contributed by atoms with Crippen molar-refractivity contribution in [3.05, 3.63) is 35.0 Å². The molecule has 108 valence electrons. The Labute approximate surface area is 122 Å². The summed E-state index contributed by atoms with van der Waals surface area (Å²) < 4.78 is 7.26. The molecule has 1 heterocycles. The number of aldehydes is 1. The summed E-state index contributed by atoms with van der Waals surface area (Å²) in [5.41, 5.74) is 1.73. The first-order valence-corrected chi connectivity index (χ1v) is 6.99. The van der Waals surface area contributed by atoms with Crippen molar-refractivity contribution in [3.8, 4) is 0 Å². The molecule has 0 saturated heterocycles. The number of fused-ring (bicyclic) bond motifs is 1. The number of halogens is 1. The first-order valence-electron chi connectivity index (χ1n) is 6.61. The van der Waals surface area contributed by atoms with Gasteiger partial charge in [-0.1, -0.05) is 11.6 Å². The Bertz CT molecular complexity index is 594. The predicted molar refractivity (Wildman–Crippen MR) is 78.9 cm³/mol. The van der Waals surface area contributed by atoms with Crippen LogP contribution in [0.2, 0.25) is 5.02 Å². The van der Waals surface area contributed by atoms with E-state index in [9.17, 15) is 9.90 Å². The van der Waals surface area contributed by atoms with Crippen molar-refractivity contribution < 1.29 is 14.6 Å². The maximum Gasteiger partial charge on any atom is 0.127 e. The number of carbonyl (C=O) groups excluding carboxylic acids is 1. The van der Waals surface area contributed by atoms with Gasteiger partial charge in [0.1, 0.15) is 6.29 Å². The molecule has 0 saturated carbocycles. The third kappa shape index (κ3) is 3.20. The molecule has 0 aliphatic heterocycles. The summed E-state index contributed by atoms with van der Waals surface area (Å²) >= 11 is 5.98. The summed E-state index contributed by atoms with van der Waals surface area (Å²) in [6, 6.07) is 7.45. The smallest absolute Gasteiger partial charge is 0.127 e. The fraction of sp³-hybridized carbons (Fsp3) is 0.400. The van der Waals surface area contributed by atoms with E-state index in [2.05, 4.69) is 0 Å². The highest BCUT2D eigenvalue weighted by molar-refractivity contribution is 6.31. The van der Waals surface area contributed by atoms with Crippen molar-refractivity contribution in [2.75, 3.05) is 13.2 Å². The van der Waals surface area contributed by atoms with Crippen LogP contribution in [0.5, 0.6) is 0 Å². The van der Waals surface area contributed by atoms with Gasteiger partial charge in [-0.05, 0) is 31.2 Å². The average molecular weight is 296 g/mol. The van der Waals surface area contributed by atoms with E-state index in [1.807, 2.05) is 29.7 Å². The first-order chi connectivity index (χ1) is 9.69. The summed E-state index contributed by atoms with van der Waals surface area (Å²) in [4.78, 5) is 11.2. The van der Waals surface area contributed by atoms with Gasteiger partial charge in [0, 0.05) is 34.8 Å². The topological polar surface area (TPSA) is 51.5 Å². The molecule has 2 rings (SSSR count). The Morgan fingerprint density at radius 3 is 2.90 bits per heavy atom. The van der Waals surface area contributed by atoms with Crippen molar-refractivity contribution in [1.29, 1.82) is 0 Å². The highest BCUT2D eigenvalue weighted by atomic mass is 35.5. The summed E-state index contributed by atoms with van der Waals surface area (Å²) in [5, 5.41) is 11.1. The predicted octanol–water partition coefficient (Wildman–Crippen LogP) is 2.64. The Morgan fingerprint density at radius 2 is 2.25 bits per heavy atom. The molecule has 1 atom stereocenters. The standard InChI is InChI=1S/C15H18ClNO3/c1-2-20-10-11(8-18)7-17-14(9-19)6-12-5-13(16)3-4-15(12)17/h3-6,8,11,19H,2,7,9-10H2,1H3. The van der Waals surface area contributed by atoms with Crippen LogP contribution in [-0.2, 0) is 22.7 Å². The Balaban J connectivity index is 2.33. The molecular weight excluding hydrogens is 278 g/mol. The molecular formula is C15H18ClNO3. The lowest BCUT2D eigenvalue weighted by Crippen LogP contribution is -2.19. The van der Waals surface area contributed by atoms with Crippen LogP contribution in [0.25, 0.3) is 10.9 Å². The van der Waals surface area contributed by atoms with Crippen LogP contribution in [0.15, 0.2) is 24.3 Å². The normalized spacial score (nSPS) is 12.8. The Hall–Kier alpha value is -1.36. The zero-order valence-electron chi connectivity index (χ0n) is 11.4. The van der Waals surface area contributed by atoms with Crippen molar-refractivity contribution in [1.82, 2.24) is 4.57 Å². The van der Waals surface area contributed by atoms with E-state index in [0.29, 0.717) is 24.8 Å². The summed E-state index contributed by atoms with van der Waals surface area (Å²) in [7, 11) is 0. The van der Waals surface area contributed by atoms with Crippen LogP contribution >= 0.6 is 11.6 Å². The molecule has 1 N–H and O–H groups in total. The zero-order chi connectivity index (χ0) is 14.5. The molecule has 0 aliphatic rings. The van der Waals surface area contributed by atoms with E-state index in [4.69, 9.17) is 16.3 Å². The van der Waals surface area contributed by atoms with Crippen LogP contribution in [0, 0.1) is 5.92 Å². The lowest BCUT2D eigenvalue weighted by Gasteiger charge is -2.14. The van der Waals surface area contributed by atoms with Crippen molar-refractivity contribution in [3.63, 3.8) is 0 Å². The second kappa shape index (κ2) is 6.88. The minimum Gasteiger partial charge on any atom is -0.390 e. The van der Waals surface area contributed by atoms with Crippen molar-refractivity contribution >= 4 is 28.8 Å². The number of hydrogen-bond acceptors (Lipinski definition) is 3. The number of aliphatic hydroxyl groups is 1. The van der Waals surface area contributed by atoms with Gasteiger partial charge in [0.2, 0.25) is 0 Å². The average Bonchev–Trinajstić information content (AvgIpc) is 2.80. The molecule has 20 heavy (non-hydrogen) atoms. The molecule has 0 amide bonds. The molecule has 0 bridgehead atoms. The second-order valence-electron chi connectivity index (χ2n) is 4.66. The van der Waals surface area contributed by atoms with Gasteiger partial charge in [-0.3, -0.25) is 0 Å². The molecule has 0 spiro atoms. The number of aliphatic hydroxyl groups excluding tert-OH is 1. The lowest BCUT2D eigenvalue weighted by molar-refractivity contribution is -0.113. The van der Waals surface area contributed by atoms with Gasteiger partial charge in [0.05, 0.1) is 19.1 Å². The zero-order valence-corrected chi connectivity index (χ0v) is 12.1. The van der Waals surface area contributed by atoms with Crippen LogP contribution in [0.4, 0.5) is 0 Å². The second-order valence-corrected chi connectivity index (χ2v) is 5.10. The summed E-state index contributed by atoms with van der Waals surface area (Å²) in [6.45, 7) is 3.28. The quantitative estimate of drug-likeness (QED) is 0.799. The largest absolute Gasteiger partial charge is 0.390 e. The van der Waals surface area contributed by atoms with Gasteiger partial charge >= 0.3 is 0 Å². The van der Waals surface area contributed by atoms with Crippen LogP contribution in [0.1, 0.15) is 12.6 Å². The van der Waals surface area contributed by atoms with Crippen LogP contribution < -0.4 is 0 Å². The minimum absolute atomic E-state index is 0.0769. The molecule has 2 aromatic rings. The van der Waals surface area contributed by atoms with E-state index in [0.717, 1.165) is 22.9 Å². The molecule has 1 aromatic heterocycles. The molecule has 5 heteroatoms. The van der Waals surface area contributed by atoms with E-state index in [-0.39, 0.29) is 12.5 Å². The maximum atomic E-state index is 11.2. The van der Waals surface area contributed by atoms with Gasteiger partial charge in [-0.25, -0.2) is 0 Å². The molecule has 1 unspecified atom stereocenters. The molecule has 1 aromatic carbocycles. The van der Waals surface area contributed by atoms with E-state index < -0.39 is 0 Å². The van der Waals surface area contributed by atoms with Gasteiger partial charge < -0.3 is 19.2 Å².